The standard InChI is InChI=1S/C17H34N2O/c1-14(2)9-12-20-13-11-19-17-8-5-6-15(17)16-7-3-4-10-18-16/h14-19H,3-13H2,1-2H3. The minimum absolute atomic E-state index is 0.722. The number of nitrogens with one attached hydrogen (secondary N) is 2. The Bertz CT molecular complexity index is 251. The monoisotopic (exact) mass is 282 g/mol. The molecular formula is C17H34N2O. The fraction of sp³-hybridized carbons (Fsp3) is 1.00. The summed E-state index contributed by atoms with van der Waals surface area (Å²) >= 11 is 0. The van der Waals surface area contributed by atoms with Gasteiger partial charge in [-0.05, 0) is 50.5 Å². The maximum atomic E-state index is 5.71. The van der Waals surface area contributed by atoms with Gasteiger partial charge in [-0.2, -0.15) is 0 Å². The van der Waals surface area contributed by atoms with Gasteiger partial charge >= 0.3 is 0 Å². The number of hydrogen-bond donors (Lipinski definition) is 2. The van der Waals surface area contributed by atoms with E-state index in [0.717, 1.165) is 43.7 Å². The van der Waals surface area contributed by atoms with Crippen molar-refractivity contribution in [2.24, 2.45) is 11.8 Å². The Balaban J connectivity index is 1.59. The van der Waals surface area contributed by atoms with E-state index in [0.29, 0.717) is 0 Å². The lowest BCUT2D eigenvalue weighted by molar-refractivity contribution is 0.120. The molecule has 3 unspecified atom stereocenters. The lowest BCUT2D eigenvalue weighted by Gasteiger charge is -2.33. The van der Waals surface area contributed by atoms with Crippen molar-refractivity contribution in [2.45, 2.75) is 70.9 Å². The zero-order chi connectivity index (χ0) is 14.2. The molecule has 118 valence electrons. The molecule has 3 nitrogen and oxygen atoms in total. The van der Waals surface area contributed by atoms with Gasteiger partial charge in [-0.1, -0.05) is 26.7 Å². The van der Waals surface area contributed by atoms with E-state index >= 15 is 0 Å². The van der Waals surface area contributed by atoms with Gasteiger partial charge in [0.15, 0.2) is 0 Å². The first kappa shape index (κ1) is 16.3. The molecule has 0 bridgehead atoms. The molecule has 0 aromatic rings. The van der Waals surface area contributed by atoms with Crippen molar-refractivity contribution >= 4 is 0 Å². The molecule has 0 amide bonds. The van der Waals surface area contributed by atoms with E-state index in [9.17, 15) is 0 Å². The molecule has 20 heavy (non-hydrogen) atoms. The molecule has 2 rings (SSSR count). The predicted octanol–water partition coefficient (Wildman–Crippen LogP) is 2.95. The topological polar surface area (TPSA) is 33.3 Å². The highest BCUT2D eigenvalue weighted by molar-refractivity contribution is 4.92. The van der Waals surface area contributed by atoms with Gasteiger partial charge in [-0.3, -0.25) is 0 Å². The first-order valence-corrected chi connectivity index (χ1v) is 8.82. The van der Waals surface area contributed by atoms with Crippen molar-refractivity contribution in [3.05, 3.63) is 0 Å². The van der Waals surface area contributed by atoms with E-state index in [1.807, 2.05) is 0 Å². The Morgan fingerprint density at radius 3 is 2.75 bits per heavy atom. The van der Waals surface area contributed by atoms with Crippen LogP contribution in [0.2, 0.25) is 0 Å². The molecule has 3 atom stereocenters. The summed E-state index contributed by atoms with van der Waals surface area (Å²) in [5, 5.41) is 7.50. The van der Waals surface area contributed by atoms with Crippen LogP contribution in [0.1, 0.15) is 58.8 Å². The molecule has 1 heterocycles. The van der Waals surface area contributed by atoms with Crippen molar-refractivity contribution in [3.8, 4) is 0 Å². The molecule has 1 saturated heterocycles. The second-order valence-electron chi connectivity index (χ2n) is 7.01. The second-order valence-corrected chi connectivity index (χ2v) is 7.01. The number of piperidine rings is 1. The summed E-state index contributed by atoms with van der Waals surface area (Å²) in [5.74, 6) is 1.60. The lowest BCUT2D eigenvalue weighted by atomic mass is 9.88. The lowest BCUT2D eigenvalue weighted by Crippen LogP contribution is -2.47. The van der Waals surface area contributed by atoms with E-state index in [4.69, 9.17) is 4.74 Å². The Kier molecular flexibility index (Phi) is 7.32. The summed E-state index contributed by atoms with van der Waals surface area (Å²) in [6.45, 7) is 8.54. The molecule has 1 aliphatic heterocycles. The maximum absolute atomic E-state index is 5.71. The largest absolute Gasteiger partial charge is 0.380 e. The van der Waals surface area contributed by atoms with Gasteiger partial charge in [0.25, 0.3) is 0 Å². The third-order valence-electron chi connectivity index (χ3n) is 4.93. The average molecular weight is 282 g/mol. The summed E-state index contributed by atoms with van der Waals surface area (Å²) in [7, 11) is 0. The maximum Gasteiger partial charge on any atom is 0.0591 e. The molecule has 1 aliphatic carbocycles. The fourth-order valence-electron chi connectivity index (χ4n) is 3.71. The van der Waals surface area contributed by atoms with E-state index in [2.05, 4.69) is 24.5 Å². The SMILES string of the molecule is CC(C)CCOCCNC1CCCC1C1CCCCN1. The number of rotatable bonds is 8. The van der Waals surface area contributed by atoms with Crippen LogP contribution in [-0.2, 0) is 4.74 Å². The molecule has 0 aromatic carbocycles. The van der Waals surface area contributed by atoms with Crippen LogP contribution in [0, 0.1) is 11.8 Å². The summed E-state index contributed by atoms with van der Waals surface area (Å²) in [6, 6.07) is 1.49. The minimum Gasteiger partial charge on any atom is -0.380 e. The van der Waals surface area contributed by atoms with Crippen molar-refractivity contribution in [3.63, 3.8) is 0 Å². The summed E-state index contributed by atoms with van der Waals surface area (Å²) < 4.78 is 5.71. The summed E-state index contributed by atoms with van der Waals surface area (Å²) in [5.41, 5.74) is 0. The number of hydrogen-bond acceptors (Lipinski definition) is 3. The van der Waals surface area contributed by atoms with Gasteiger partial charge in [0.1, 0.15) is 0 Å². The molecule has 3 heteroatoms. The van der Waals surface area contributed by atoms with Crippen molar-refractivity contribution in [1.29, 1.82) is 0 Å². The molecule has 2 aliphatic rings. The second kappa shape index (κ2) is 9.01. The molecule has 0 spiro atoms. The zero-order valence-corrected chi connectivity index (χ0v) is 13.5. The highest BCUT2D eigenvalue weighted by atomic mass is 16.5. The van der Waals surface area contributed by atoms with E-state index in [1.165, 1.54) is 51.5 Å². The van der Waals surface area contributed by atoms with Gasteiger partial charge in [0.05, 0.1) is 6.61 Å². The van der Waals surface area contributed by atoms with Crippen LogP contribution in [0.3, 0.4) is 0 Å². The fourth-order valence-corrected chi connectivity index (χ4v) is 3.71. The van der Waals surface area contributed by atoms with Gasteiger partial charge in [-0.25, -0.2) is 0 Å². The first-order valence-electron chi connectivity index (χ1n) is 8.82. The van der Waals surface area contributed by atoms with Gasteiger partial charge < -0.3 is 15.4 Å². The molecule has 2 fully saturated rings. The highest BCUT2D eigenvalue weighted by Crippen LogP contribution is 2.31. The molecule has 2 N–H and O–H groups in total. The van der Waals surface area contributed by atoms with Crippen LogP contribution in [0.5, 0.6) is 0 Å². The van der Waals surface area contributed by atoms with Crippen LogP contribution < -0.4 is 10.6 Å². The molecule has 1 saturated carbocycles. The average Bonchev–Trinajstić information content (AvgIpc) is 2.92. The highest BCUT2D eigenvalue weighted by Gasteiger charge is 2.33. The normalized spacial score (nSPS) is 31.1. The Hall–Kier alpha value is -0.120. The van der Waals surface area contributed by atoms with E-state index in [1.54, 1.807) is 0 Å². The van der Waals surface area contributed by atoms with Crippen LogP contribution in [0.25, 0.3) is 0 Å². The number of ether oxygens (including phenoxy) is 1. The third-order valence-corrected chi connectivity index (χ3v) is 4.93. The first-order chi connectivity index (χ1) is 9.77. The van der Waals surface area contributed by atoms with Crippen molar-refractivity contribution in [2.75, 3.05) is 26.3 Å². The summed E-state index contributed by atoms with van der Waals surface area (Å²) in [6.07, 6.45) is 9.50. The zero-order valence-electron chi connectivity index (χ0n) is 13.5. The smallest absolute Gasteiger partial charge is 0.0591 e. The van der Waals surface area contributed by atoms with Gasteiger partial charge in [0, 0.05) is 25.2 Å². The quantitative estimate of drug-likeness (QED) is 0.672. The minimum atomic E-state index is 0.722. The van der Waals surface area contributed by atoms with Crippen molar-refractivity contribution in [1.82, 2.24) is 10.6 Å². The predicted molar refractivity (Wildman–Crippen MR) is 85.0 cm³/mol. The summed E-state index contributed by atoms with van der Waals surface area (Å²) in [4.78, 5) is 0. The molecule has 0 aromatic heterocycles. The van der Waals surface area contributed by atoms with E-state index < -0.39 is 0 Å². The third kappa shape index (κ3) is 5.34. The van der Waals surface area contributed by atoms with Crippen LogP contribution in [0.4, 0.5) is 0 Å². The van der Waals surface area contributed by atoms with Gasteiger partial charge in [0.2, 0.25) is 0 Å². The van der Waals surface area contributed by atoms with E-state index in [-0.39, 0.29) is 0 Å². The Labute approximate surface area is 125 Å². The molecule has 0 radical (unpaired) electrons. The van der Waals surface area contributed by atoms with Crippen molar-refractivity contribution < 1.29 is 4.74 Å². The van der Waals surface area contributed by atoms with Gasteiger partial charge in [-0.15, -0.1) is 0 Å². The van der Waals surface area contributed by atoms with Crippen LogP contribution >= 0.6 is 0 Å². The Morgan fingerprint density at radius 1 is 1.10 bits per heavy atom. The van der Waals surface area contributed by atoms with Crippen LogP contribution in [0.15, 0.2) is 0 Å². The Morgan fingerprint density at radius 2 is 2.00 bits per heavy atom. The van der Waals surface area contributed by atoms with Crippen LogP contribution in [-0.4, -0.2) is 38.4 Å². The molecular weight excluding hydrogens is 248 g/mol.